The maximum absolute atomic E-state index is 14.2. The topological polar surface area (TPSA) is 133 Å². The van der Waals surface area contributed by atoms with Crippen LogP contribution in [0, 0.1) is 5.92 Å². The third kappa shape index (κ3) is 4.82. The lowest BCUT2D eigenvalue weighted by atomic mass is 9.90. The van der Waals surface area contributed by atoms with Crippen molar-refractivity contribution in [2.45, 2.75) is 36.2 Å². The molecule has 35 heavy (non-hydrogen) atoms. The summed E-state index contributed by atoms with van der Waals surface area (Å²) in [4.78, 5) is 37.3. The Kier molecular flexibility index (Phi) is 6.88. The van der Waals surface area contributed by atoms with E-state index in [1.807, 2.05) is 0 Å². The van der Waals surface area contributed by atoms with Gasteiger partial charge in [0, 0.05) is 12.5 Å². The highest BCUT2D eigenvalue weighted by Crippen LogP contribution is 2.44. The van der Waals surface area contributed by atoms with E-state index in [4.69, 9.17) is 5.21 Å². The van der Waals surface area contributed by atoms with Crippen molar-refractivity contribution in [2.24, 2.45) is 5.92 Å². The average Bonchev–Trinajstić information content (AvgIpc) is 2.99. The standard InChI is InChI=1S/C22H24F3N3O6S/c1-20(2)18(30)28(19(31)26-20)12-16(17(29)27-32)13-35(33,34)21(22(23,24)25)10-8-15(9-11-21)14-6-4-3-5-7-14/h3-11,15-16,32H,12-13H2,1-2H3,(H,26,31)(H,27,29). The molecule has 0 bridgehead atoms. The molecule has 0 aromatic heterocycles. The molecule has 2 aliphatic rings. The van der Waals surface area contributed by atoms with E-state index >= 15 is 0 Å². The molecule has 1 aromatic rings. The molecule has 1 saturated heterocycles. The molecular weight excluding hydrogens is 491 g/mol. The number of sulfone groups is 1. The number of carbonyl (C=O) groups is 3. The highest BCUT2D eigenvalue weighted by Gasteiger charge is 2.62. The highest BCUT2D eigenvalue weighted by molar-refractivity contribution is 7.93. The molecule has 1 aliphatic carbocycles. The van der Waals surface area contributed by atoms with Crippen molar-refractivity contribution in [3.05, 3.63) is 60.2 Å². The smallest absolute Gasteiger partial charge is 0.324 e. The Hall–Kier alpha value is -3.19. The molecular formula is C22H24F3N3O6S. The molecule has 0 radical (unpaired) electrons. The van der Waals surface area contributed by atoms with Crippen LogP contribution in [0.2, 0.25) is 0 Å². The van der Waals surface area contributed by atoms with Gasteiger partial charge in [-0.25, -0.2) is 18.7 Å². The predicted molar refractivity (Wildman–Crippen MR) is 118 cm³/mol. The number of rotatable bonds is 7. The first-order chi connectivity index (χ1) is 16.1. The summed E-state index contributed by atoms with van der Waals surface area (Å²) < 4.78 is 65.6. The number of benzene rings is 1. The van der Waals surface area contributed by atoms with Crippen LogP contribution in [-0.4, -0.2) is 65.1 Å². The number of halogens is 3. The van der Waals surface area contributed by atoms with Crippen LogP contribution < -0.4 is 10.8 Å². The van der Waals surface area contributed by atoms with Crippen LogP contribution in [0.4, 0.5) is 18.0 Å². The summed E-state index contributed by atoms with van der Waals surface area (Å²) in [6, 6.07) is 7.51. The van der Waals surface area contributed by atoms with E-state index in [-0.39, 0.29) is 0 Å². The normalized spacial score (nSPS) is 24.9. The third-order valence-corrected chi connectivity index (χ3v) is 8.37. The molecule has 13 heteroatoms. The van der Waals surface area contributed by atoms with Gasteiger partial charge >= 0.3 is 12.2 Å². The van der Waals surface area contributed by atoms with E-state index in [2.05, 4.69) is 5.32 Å². The van der Waals surface area contributed by atoms with Gasteiger partial charge in [-0.2, -0.15) is 13.2 Å². The van der Waals surface area contributed by atoms with Gasteiger partial charge in [0.2, 0.25) is 10.7 Å². The Morgan fingerprint density at radius 1 is 1.17 bits per heavy atom. The number of nitrogens with one attached hydrogen (secondary N) is 2. The van der Waals surface area contributed by atoms with Gasteiger partial charge in [-0.05, 0) is 19.4 Å². The summed E-state index contributed by atoms with van der Waals surface area (Å²) in [6.45, 7) is 1.88. The van der Waals surface area contributed by atoms with Crippen LogP contribution >= 0.6 is 0 Å². The molecule has 1 atom stereocenters. The van der Waals surface area contributed by atoms with Gasteiger partial charge in [-0.3, -0.25) is 19.7 Å². The fourth-order valence-corrected chi connectivity index (χ4v) is 5.98. The molecule has 190 valence electrons. The molecule has 1 aromatic carbocycles. The number of allylic oxidation sites excluding steroid dienone is 2. The van der Waals surface area contributed by atoms with E-state index in [0.29, 0.717) is 22.6 Å². The first-order valence-corrected chi connectivity index (χ1v) is 12.1. The van der Waals surface area contributed by atoms with Crippen molar-refractivity contribution >= 4 is 27.7 Å². The summed E-state index contributed by atoms with van der Waals surface area (Å²) in [7, 11) is -5.21. The van der Waals surface area contributed by atoms with Gasteiger partial charge < -0.3 is 5.32 Å². The number of carbonyl (C=O) groups excluding carboxylic acids is 3. The first-order valence-electron chi connectivity index (χ1n) is 10.5. The molecule has 3 rings (SSSR count). The minimum Gasteiger partial charge on any atom is -0.324 e. The maximum atomic E-state index is 14.2. The number of nitrogens with zero attached hydrogens (tertiary/aromatic N) is 1. The molecule has 1 heterocycles. The van der Waals surface area contributed by atoms with Gasteiger partial charge in [-0.1, -0.05) is 54.6 Å². The molecule has 0 saturated carbocycles. The second kappa shape index (κ2) is 9.11. The van der Waals surface area contributed by atoms with Crippen LogP contribution in [0.3, 0.4) is 0 Å². The maximum Gasteiger partial charge on any atom is 0.415 e. The van der Waals surface area contributed by atoms with Crippen LogP contribution in [-0.2, 0) is 19.4 Å². The number of hydrogen-bond donors (Lipinski definition) is 3. The zero-order chi connectivity index (χ0) is 26.2. The minimum atomic E-state index is -5.29. The van der Waals surface area contributed by atoms with E-state index in [1.165, 1.54) is 19.3 Å². The summed E-state index contributed by atoms with van der Waals surface area (Å²) in [6.07, 6.45) is -2.00. The van der Waals surface area contributed by atoms with E-state index in [1.54, 1.807) is 30.3 Å². The van der Waals surface area contributed by atoms with Crippen molar-refractivity contribution in [3.63, 3.8) is 0 Å². The van der Waals surface area contributed by atoms with E-state index < -0.39 is 68.3 Å². The highest BCUT2D eigenvalue weighted by atomic mass is 32.2. The van der Waals surface area contributed by atoms with Gasteiger partial charge in [0.25, 0.3) is 5.91 Å². The van der Waals surface area contributed by atoms with Crippen molar-refractivity contribution in [3.8, 4) is 0 Å². The van der Waals surface area contributed by atoms with E-state index in [9.17, 15) is 36.0 Å². The molecule has 1 aliphatic heterocycles. The number of urea groups is 1. The lowest BCUT2D eigenvalue weighted by molar-refractivity contribution is -0.140. The van der Waals surface area contributed by atoms with Crippen molar-refractivity contribution in [1.29, 1.82) is 0 Å². The SMILES string of the molecule is CC1(C)NC(=O)N(CC(CS(=O)(=O)C2(C(F)(F)F)C=CC(c3ccccc3)C=C2)C(=O)NO)C1=O. The van der Waals surface area contributed by atoms with Crippen LogP contribution in [0.1, 0.15) is 25.3 Å². The monoisotopic (exact) mass is 515 g/mol. The van der Waals surface area contributed by atoms with Crippen LogP contribution in [0.5, 0.6) is 0 Å². The Balaban J connectivity index is 1.94. The van der Waals surface area contributed by atoms with Gasteiger partial charge in [0.15, 0.2) is 9.84 Å². The fraction of sp³-hybridized carbons (Fsp3) is 0.409. The lowest BCUT2D eigenvalue weighted by Crippen LogP contribution is -2.53. The van der Waals surface area contributed by atoms with Gasteiger partial charge in [0.05, 0.1) is 11.7 Å². The molecule has 3 N–H and O–H groups in total. The molecule has 9 nitrogen and oxygen atoms in total. The fourth-order valence-electron chi connectivity index (χ4n) is 3.99. The van der Waals surface area contributed by atoms with Crippen molar-refractivity contribution in [2.75, 3.05) is 12.3 Å². The minimum absolute atomic E-state index is 0.532. The predicted octanol–water partition coefficient (Wildman–Crippen LogP) is 2.06. The Morgan fingerprint density at radius 2 is 1.74 bits per heavy atom. The number of amides is 4. The summed E-state index contributed by atoms with van der Waals surface area (Å²) in [5.74, 6) is -6.04. The van der Waals surface area contributed by atoms with Crippen LogP contribution in [0.15, 0.2) is 54.6 Å². The number of alkyl halides is 3. The van der Waals surface area contributed by atoms with E-state index in [0.717, 1.165) is 12.2 Å². The lowest BCUT2D eigenvalue weighted by Gasteiger charge is -2.34. The first kappa shape index (κ1) is 26.4. The molecule has 4 amide bonds. The zero-order valence-electron chi connectivity index (χ0n) is 18.7. The largest absolute Gasteiger partial charge is 0.415 e. The number of imide groups is 1. The quantitative estimate of drug-likeness (QED) is 0.220. The second-order valence-electron chi connectivity index (χ2n) is 8.87. The summed E-state index contributed by atoms with van der Waals surface area (Å²) in [5, 5.41) is 11.4. The Labute approximate surface area is 199 Å². The van der Waals surface area contributed by atoms with Crippen LogP contribution in [0.25, 0.3) is 0 Å². The molecule has 1 unspecified atom stereocenters. The number of hydroxylamine groups is 1. The zero-order valence-corrected chi connectivity index (χ0v) is 19.6. The molecule has 0 spiro atoms. The van der Waals surface area contributed by atoms with Gasteiger partial charge in [-0.15, -0.1) is 0 Å². The Morgan fingerprint density at radius 3 is 2.20 bits per heavy atom. The average molecular weight is 516 g/mol. The molecule has 1 fully saturated rings. The summed E-state index contributed by atoms with van der Waals surface area (Å²) in [5.41, 5.74) is 0.493. The summed E-state index contributed by atoms with van der Waals surface area (Å²) >= 11 is 0. The Bertz CT molecular complexity index is 1160. The van der Waals surface area contributed by atoms with Gasteiger partial charge in [0.1, 0.15) is 5.54 Å². The number of hydrogen-bond acceptors (Lipinski definition) is 6. The third-order valence-electron chi connectivity index (χ3n) is 5.99. The second-order valence-corrected chi connectivity index (χ2v) is 11.1. The van der Waals surface area contributed by atoms with Crippen molar-refractivity contribution in [1.82, 2.24) is 15.7 Å². The van der Waals surface area contributed by atoms with Crippen molar-refractivity contribution < 1.29 is 41.2 Å².